The van der Waals surface area contributed by atoms with Gasteiger partial charge in [-0.3, -0.25) is 4.79 Å². The van der Waals surface area contributed by atoms with Crippen molar-refractivity contribution in [3.8, 4) is 0 Å². The average molecular weight is 215 g/mol. The molecule has 1 N–H and O–H groups in total. The van der Waals surface area contributed by atoms with Crippen LogP contribution in [0.4, 0.5) is 0 Å². The lowest BCUT2D eigenvalue weighted by Crippen LogP contribution is -2.50. The van der Waals surface area contributed by atoms with Crippen molar-refractivity contribution in [2.75, 3.05) is 0 Å². The summed E-state index contributed by atoms with van der Waals surface area (Å²) in [5, 5.41) is 9.36. The number of nitrogens with zero attached hydrogens (tertiary/aromatic N) is 1. The SMILES string of the molecule is CC(S)C(=O)N1C2CCC1CC(O)C2. The number of fused-ring (bicyclic) bond motifs is 2. The number of amides is 1. The fourth-order valence-electron chi connectivity index (χ4n) is 2.72. The minimum absolute atomic E-state index is 0.132. The van der Waals surface area contributed by atoms with Crippen LogP contribution in [0.2, 0.25) is 0 Å². The predicted molar refractivity (Wildman–Crippen MR) is 57.3 cm³/mol. The molecule has 3 nitrogen and oxygen atoms in total. The lowest BCUT2D eigenvalue weighted by Gasteiger charge is -2.38. The summed E-state index contributed by atoms with van der Waals surface area (Å²) >= 11 is 4.18. The minimum Gasteiger partial charge on any atom is -0.393 e. The van der Waals surface area contributed by atoms with Crippen LogP contribution in [-0.2, 0) is 4.79 Å². The summed E-state index contributed by atoms with van der Waals surface area (Å²) in [6.45, 7) is 1.82. The Morgan fingerprint density at radius 2 is 1.93 bits per heavy atom. The van der Waals surface area contributed by atoms with Crippen LogP contribution in [-0.4, -0.2) is 39.4 Å². The molecule has 0 aliphatic carbocycles. The first-order valence-corrected chi connectivity index (χ1v) is 5.79. The first kappa shape index (κ1) is 10.3. The summed E-state index contributed by atoms with van der Waals surface area (Å²) in [6.07, 6.45) is 3.40. The van der Waals surface area contributed by atoms with E-state index in [9.17, 15) is 9.90 Å². The molecule has 4 heteroatoms. The smallest absolute Gasteiger partial charge is 0.235 e. The molecule has 0 saturated carbocycles. The van der Waals surface area contributed by atoms with Gasteiger partial charge < -0.3 is 10.0 Å². The van der Waals surface area contributed by atoms with E-state index in [1.54, 1.807) is 0 Å². The normalized spacial score (nSPS) is 38.5. The second-order valence-corrected chi connectivity index (χ2v) is 5.21. The molecule has 0 spiro atoms. The van der Waals surface area contributed by atoms with Gasteiger partial charge in [0.15, 0.2) is 0 Å². The Balaban J connectivity index is 2.11. The molecule has 0 radical (unpaired) electrons. The highest BCUT2D eigenvalue weighted by Crippen LogP contribution is 2.36. The van der Waals surface area contributed by atoms with E-state index in [1.807, 2.05) is 11.8 Å². The molecular weight excluding hydrogens is 198 g/mol. The van der Waals surface area contributed by atoms with Gasteiger partial charge in [0.1, 0.15) is 0 Å². The molecule has 80 valence electrons. The Hall–Kier alpha value is -0.220. The summed E-state index contributed by atoms with van der Waals surface area (Å²) in [5.74, 6) is 0.132. The van der Waals surface area contributed by atoms with Gasteiger partial charge in [-0.2, -0.15) is 12.6 Å². The van der Waals surface area contributed by atoms with Gasteiger partial charge in [0.05, 0.1) is 11.4 Å². The van der Waals surface area contributed by atoms with E-state index in [2.05, 4.69) is 12.6 Å². The fourth-order valence-corrected chi connectivity index (χ4v) is 2.86. The number of thiol groups is 1. The Morgan fingerprint density at radius 1 is 1.43 bits per heavy atom. The number of hydrogen-bond acceptors (Lipinski definition) is 3. The van der Waals surface area contributed by atoms with Crippen LogP contribution in [0, 0.1) is 0 Å². The topological polar surface area (TPSA) is 40.5 Å². The first-order chi connectivity index (χ1) is 6.59. The van der Waals surface area contributed by atoms with E-state index in [1.165, 1.54) is 0 Å². The summed E-state index contributed by atoms with van der Waals surface area (Å²) in [6, 6.07) is 0.539. The molecule has 3 unspecified atom stereocenters. The van der Waals surface area contributed by atoms with Crippen LogP contribution in [0.15, 0.2) is 0 Å². The van der Waals surface area contributed by atoms with Crippen molar-refractivity contribution in [3.63, 3.8) is 0 Å². The van der Waals surface area contributed by atoms with Crippen molar-refractivity contribution in [1.82, 2.24) is 4.90 Å². The van der Waals surface area contributed by atoms with Crippen molar-refractivity contribution in [2.45, 2.75) is 56.0 Å². The molecule has 2 aliphatic rings. The number of piperidine rings is 1. The van der Waals surface area contributed by atoms with Crippen molar-refractivity contribution in [3.05, 3.63) is 0 Å². The maximum absolute atomic E-state index is 11.8. The quantitative estimate of drug-likeness (QED) is 0.636. The Kier molecular flexibility index (Phi) is 2.75. The predicted octanol–water partition coefficient (Wildman–Crippen LogP) is 0.819. The van der Waals surface area contributed by atoms with Crippen LogP contribution in [0.25, 0.3) is 0 Å². The zero-order valence-corrected chi connectivity index (χ0v) is 9.28. The number of rotatable bonds is 1. The van der Waals surface area contributed by atoms with Gasteiger partial charge in [0.2, 0.25) is 5.91 Å². The summed E-state index contributed by atoms with van der Waals surface area (Å²) < 4.78 is 0. The standard InChI is InChI=1S/C10H17NO2S/c1-6(14)10(13)11-7-2-3-8(11)5-9(12)4-7/h6-9,12,14H,2-5H2,1H3. The maximum Gasteiger partial charge on any atom is 0.235 e. The number of aliphatic hydroxyl groups excluding tert-OH is 1. The van der Waals surface area contributed by atoms with E-state index in [0.29, 0.717) is 0 Å². The first-order valence-electron chi connectivity index (χ1n) is 5.28. The molecular formula is C10H17NO2S. The van der Waals surface area contributed by atoms with Gasteiger partial charge in [0, 0.05) is 12.1 Å². The second-order valence-electron chi connectivity index (χ2n) is 4.43. The van der Waals surface area contributed by atoms with Crippen LogP contribution < -0.4 is 0 Å². The molecule has 2 aliphatic heterocycles. The Morgan fingerprint density at radius 3 is 2.36 bits per heavy atom. The van der Waals surface area contributed by atoms with E-state index >= 15 is 0 Å². The molecule has 2 bridgehead atoms. The summed E-state index contributed by atoms with van der Waals surface area (Å²) in [7, 11) is 0. The number of hydrogen-bond donors (Lipinski definition) is 2. The fraction of sp³-hybridized carbons (Fsp3) is 0.900. The molecule has 0 aromatic carbocycles. The molecule has 2 fully saturated rings. The van der Waals surface area contributed by atoms with Gasteiger partial charge in [-0.15, -0.1) is 0 Å². The number of carbonyl (C=O) groups excluding carboxylic acids is 1. The van der Waals surface area contributed by atoms with E-state index in [0.717, 1.165) is 25.7 Å². The van der Waals surface area contributed by atoms with E-state index in [4.69, 9.17) is 0 Å². The highest BCUT2D eigenvalue weighted by molar-refractivity contribution is 7.81. The van der Waals surface area contributed by atoms with Crippen molar-refractivity contribution < 1.29 is 9.90 Å². The number of aliphatic hydroxyl groups is 1. The van der Waals surface area contributed by atoms with Gasteiger partial charge >= 0.3 is 0 Å². The Bertz CT molecular complexity index is 230. The lowest BCUT2D eigenvalue weighted by molar-refractivity contribution is -0.136. The zero-order chi connectivity index (χ0) is 10.3. The molecule has 2 rings (SSSR count). The molecule has 0 aromatic heterocycles. The highest BCUT2D eigenvalue weighted by atomic mass is 32.1. The average Bonchev–Trinajstić information content (AvgIpc) is 2.37. The van der Waals surface area contributed by atoms with E-state index in [-0.39, 0.29) is 29.3 Å². The third-order valence-electron chi connectivity index (χ3n) is 3.32. The molecule has 3 atom stereocenters. The van der Waals surface area contributed by atoms with E-state index < -0.39 is 0 Å². The largest absolute Gasteiger partial charge is 0.393 e. The third kappa shape index (κ3) is 1.65. The number of carbonyl (C=O) groups is 1. The Labute approximate surface area is 89.9 Å². The lowest BCUT2D eigenvalue weighted by atomic mass is 9.99. The van der Waals surface area contributed by atoms with Crippen molar-refractivity contribution in [1.29, 1.82) is 0 Å². The van der Waals surface area contributed by atoms with Gasteiger partial charge in [0.25, 0.3) is 0 Å². The van der Waals surface area contributed by atoms with Gasteiger partial charge in [-0.1, -0.05) is 0 Å². The highest BCUT2D eigenvalue weighted by Gasteiger charge is 2.43. The molecule has 0 aromatic rings. The zero-order valence-electron chi connectivity index (χ0n) is 8.39. The maximum atomic E-state index is 11.8. The molecule has 14 heavy (non-hydrogen) atoms. The van der Waals surface area contributed by atoms with Gasteiger partial charge in [-0.05, 0) is 32.6 Å². The second kappa shape index (κ2) is 3.74. The van der Waals surface area contributed by atoms with Crippen molar-refractivity contribution in [2.24, 2.45) is 0 Å². The van der Waals surface area contributed by atoms with Gasteiger partial charge in [-0.25, -0.2) is 0 Å². The monoisotopic (exact) mass is 215 g/mol. The molecule has 2 saturated heterocycles. The van der Waals surface area contributed by atoms with Crippen molar-refractivity contribution >= 4 is 18.5 Å². The third-order valence-corrected chi connectivity index (χ3v) is 3.54. The van der Waals surface area contributed by atoms with Crippen LogP contribution in [0.1, 0.15) is 32.6 Å². The van der Waals surface area contributed by atoms with Crippen LogP contribution >= 0.6 is 12.6 Å². The summed E-state index contributed by atoms with van der Waals surface area (Å²) in [4.78, 5) is 13.8. The molecule has 2 heterocycles. The molecule has 1 amide bonds. The summed E-state index contributed by atoms with van der Waals surface area (Å²) in [5.41, 5.74) is 0. The minimum atomic E-state index is -0.214. The van der Waals surface area contributed by atoms with Crippen LogP contribution in [0.3, 0.4) is 0 Å². The van der Waals surface area contributed by atoms with Crippen LogP contribution in [0.5, 0.6) is 0 Å².